The third-order valence-corrected chi connectivity index (χ3v) is 2.93. The number of halogens is 1. The van der Waals surface area contributed by atoms with Crippen LogP contribution in [0.2, 0.25) is 5.02 Å². The number of benzene rings is 1. The summed E-state index contributed by atoms with van der Waals surface area (Å²) in [5.41, 5.74) is 1.13. The SMILES string of the molecule is Clc1ccccc1CNC1=NCCCC1. The van der Waals surface area contributed by atoms with Gasteiger partial charge < -0.3 is 5.32 Å². The Morgan fingerprint density at radius 3 is 2.87 bits per heavy atom. The molecule has 0 fully saturated rings. The van der Waals surface area contributed by atoms with Crippen molar-refractivity contribution in [3.8, 4) is 0 Å². The second-order valence-corrected chi connectivity index (χ2v) is 4.14. The van der Waals surface area contributed by atoms with Crippen LogP contribution in [0.1, 0.15) is 24.8 Å². The molecule has 0 bridgehead atoms. The molecule has 2 rings (SSSR count). The Labute approximate surface area is 95.4 Å². The van der Waals surface area contributed by atoms with Gasteiger partial charge in [-0.2, -0.15) is 0 Å². The first-order valence-corrected chi connectivity index (χ1v) is 5.74. The van der Waals surface area contributed by atoms with E-state index in [1.165, 1.54) is 12.8 Å². The molecule has 1 aromatic rings. The summed E-state index contributed by atoms with van der Waals surface area (Å²) in [6.07, 6.45) is 3.54. The smallest absolute Gasteiger partial charge is 0.0965 e. The normalized spacial score (nSPS) is 15.9. The fraction of sp³-hybridized carbons (Fsp3) is 0.417. The standard InChI is InChI=1S/C12H15ClN2/c13-11-6-2-1-5-10(11)9-15-12-7-3-4-8-14-12/h1-2,5-6H,3-4,7-9H2,(H,14,15). The molecule has 0 radical (unpaired) electrons. The van der Waals surface area contributed by atoms with Crippen LogP contribution in [0.3, 0.4) is 0 Å². The van der Waals surface area contributed by atoms with Crippen molar-refractivity contribution in [1.29, 1.82) is 0 Å². The number of nitrogens with zero attached hydrogens (tertiary/aromatic N) is 1. The third-order valence-electron chi connectivity index (χ3n) is 2.57. The maximum Gasteiger partial charge on any atom is 0.0965 e. The second kappa shape index (κ2) is 5.17. The zero-order chi connectivity index (χ0) is 10.5. The lowest BCUT2D eigenvalue weighted by Crippen LogP contribution is -2.25. The first-order valence-electron chi connectivity index (χ1n) is 5.37. The number of rotatable bonds is 2. The maximum atomic E-state index is 6.06. The van der Waals surface area contributed by atoms with Crippen LogP contribution in [-0.4, -0.2) is 12.4 Å². The van der Waals surface area contributed by atoms with Gasteiger partial charge in [0.05, 0.1) is 5.84 Å². The summed E-state index contributed by atoms with van der Waals surface area (Å²) in [6, 6.07) is 7.91. The van der Waals surface area contributed by atoms with E-state index in [0.29, 0.717) is 0 Å². The Morgan fingerprint density at radius 2 is 2.13 bits per heavy atom. The lowest BCUT2D eigenvalue weighted by Gasteiger charge is -2.14. The molecule has 0 saturated carbocycles. The number of nitrogens with one attached hydrogen (secondary N) is 1. The van der Waals surface area contributed by atoms with Gasteiger partial charge in [-0.1, -0.05) is 29.8 Å². The summed E-state index contributed by atoms with van der Waals surface area (Å²) >= 11 is 6.06. The van der Waals surface area contributed by atoms with E-state index >= 15 is 0 Å². The Hall–Kier alpha value is -1.02. The summed E-state index contributed by atoms with van der Waals surface area (Å²) in [7, 11) is 0. The van der Waals surface area contributed by atoms with Gasteiger partial charge in [-0.15, -0.1) is 0 Å². The minimum Gasteiger partial charge on any atom is -0.370 e. The topological polar surface area (TPSA) is 24.4 Å². The van der Waals surface area contributed by atoms with E-state index in [2.05, 4.69) is 10.3 Å². The number of hydrogen-bond acceptors (Lipinski definition) is 2. The zero-order valence-corrected chi connectivity index (χ0v) is 9.43. The predicted molar refractivity (Wildman–Crippen MR) is 64.4 cm³/mol. The Morgan fingerprint density at radius 1 is 1.27 bits per heavy atom. The van der Waals surface area contributed by atoms with Gasteiger partial charge in [0.1, 0.15) is 0 Å². The van der Waals surface area contributed by atoms with E-state index in [4.69, 9.17) is 11.6 Å². The number of amidine groups is 1. The molecular weight excluding hydrogens is 208 g/mol. The average molecular weight is 223 g/mol. The van der Waals surface area contributed by atoms with Crippen LogP contribution < -0.4 is 5.32 Å². The van der Waals surface area contributed by atoms with E-state index in [-0.39, 0.29) is 0 Å². The molecule has 0 unspecified atom stereocenters. The minimum atomic E-state index is 0.776. The summed E-state index contributed by atoms with van der Waals surface area (Å²) in [6.45, 7) is 1.74. The van der Waals surface area contributed by atoms with Crippen molar-refractivity contribution in [2.24, 2.45) is 4.99 Å². The van der Waals surface area contributed by atoms with E-state index in [9.17, 15) is 0 Å². The molecule has 1 aliphatic rings. The molecule has 0 saturated heterocycles. The van der Waals surface area contributed by atoms with E-state index in [1.54, 1.807) is 0 Å². The molecule has 15 heavy (non-hydrogen) atoms. The Kier molecular flexibility index (Phi) is 3.62. The molecular formula is C12H15ClN2. The van der Waals surface area contributed by atoms with Crippen molar-refractivity contribution in [1.82, 2.24) is 5.32 Å². The molecule has 0 aliphatic carbocycles. The molecule has 0 aromatic heterocycles. The third kappa shape index (κ3) is 2.96. The second-order valence-electron chi connectivity index (χ2n) is 3.73. The molecule has 2 nitrogen and oxygen atoms in total. The molecule has 0 amide bonds. The van der Waals surface area contributed by atoms with Crippen molar-refractivity contribution in [3.63, 3.8) is 0 Å². The number of hydrogen-bond donors (Lipinski definition) is 1. The lowest BCUT2D eigenvalue weighted by atomic mass is 10.1. The molecule has 1 N–H and O–H groups in total. The molecule has 3 heteroatoms. The summed E-state index contributed by atoms with van der Waals surface area (Å²) in [5.74, 6) is 1.13. The van der Waals surface area contributed by atoms with Crippen LogP contribution in [0.5, 0.6) is 0 Å². The Bertz CT molecular complexity index is 360. The quantitative estimate of drug-likeness (QED) is 0.818. The minimum absolute atomic E-state index is 0.776. The van der Waals surface area contributed by atoms with Crippen LogP contribution in [0.25, 0.3) is 0 Å². The fourth-order valence-corrected chi connectivity index (χ4v) is 1.88. The summed E-state index contributed by atoms with van der Waals surface area (Å²) in [5, 5.41) is 4.17. The van der Waals surface area contributed by atoms with Crippen molar-refractivity contribution >= 4 is 17.4 Å². The van der Waals surface area contributed by atoms with Gasteiger partial charge in [0, 0.05) is 24.5 Å². The van der Waals surface area contributed by atoms with Gasteiger partial charge >= 0.3 is 0 Å². The highest BCUT2D eigenvalue weighted by atomic mass is 35.5. The van der Waals surface area contributed by atoms with Gasteiger partial charge in [0.25, 0.3) is 0 Å². The number of aliphatic imine (C=N–C) groups is 1. The Balaban J connectivity index is 1.93. The molecule has 1 heterocycles. The van der Waals surface area contributed by atoms with E-state index < -0.39 is 0 Å². The van der Waals surface area contributed by atoms with Gasteiger partial charge in [-0.25, -0.2) is 0 Å². The maximum absolute atomic E-state index is 6.06. The first kappa shape index (κ1) is 10.5. The molecule has 0 spiro atoms. The van der Waals surface area contributed by atoms with Crippen LogP contribution in [0, 0.1) is 0 Å². The van der Waals surface area contributed by atoms with Crippen molar-refractivity contribution in [2.75, 3.05) is 6.54 Å². The largest absolute Gasteiger partial charge is 0.370 e. The lowest BCUT2D eigenvalue weighted by molar-refractivity contribution is 0.706. The molecule has 1 aromatic carbocycles. The summed E-state index contributed by atoms with van der Waals surface area (Å²) in [4.78, 5) is 4.44. The highest BCUT2D eigenvalue weighted by Gasteiger charge is 2.05. The average Bonchev–Trinajstić information content (AvgIpc) is 2.29. The van der Waals surface area contributed by atoms with Crippen molar-refractivity contribution < 1.29 is 0 Å². The first-order chi connectivity index (χ1) is 7.36. The van der Waals surface area contributed by atoms with Crippen molar-refractivity contribution in [2.45, 2.75) is 25.8 Å². The van der Waals surface area contributed by atoms with E-state index in [1.807, 2.05) is 24.3 Å². The highest BCUT2D eigenvalue weighted by molar-refractivity contribution is 6.31. The highest BCUT2D eigenvalue weighted by Crippen LogP contribution is 2.14. The van der Waals surface area contributed by atoms with Crippen molar-refractivity contribution in [3.05, 3.63) is 34.9 Å². The molecule has 80 valence electrons. The molecule has 0 atom stereocenters. The summed E-state index contributed by atoms with van der Waals surface area (Å²) < 4.78 is 0. The fourth-order valence-electron chi connectivity index (χ4n) is 1.68. The zero-order valence-electron chi connectivity index (χ0n) is 8.67. The van der Waals surface area contributed by atoms with Gasteiger partial charge in [-0.3, -0.25) is 4.99 Å². The van der Waals surface area contributed by atoms with Crippen LogP contribution in [-0.2, 0) is 6.54 Å². The van der Waals surface area contributed by atoms with Gasteiger partial charge in [0.2, 0.25) is 0 Å². The monoisotopic (exact) mass is 222 g/mol. The van der Waals surface area contributed by atoms with Crippen LogP contribution >= 0.6 is 11.6 Å². The predicted octanol–water partition coefficient (Wildman–Crippen LogP) is 3.01. The molecule has 1 aliphatic heterocycles. The van der Waals surface area contributed by atoms with Crippen LogP contribution in [0.4, 0.5) is 0 Å². The van der Waals surface area contributed by atoms with Crippen LogP contribution in [0.15, 0.2) is 29.3 Å². The van der Waals surface area contributed by atoms with Gasteiger partial charge in [-0.05, 0) is 24.5 Å². The van der Waals surface area contributed by atoms with E-state index in [0.717, 1.165) is 35.9 Å². The van der Waals surface area contributed by atoms with Gasteiger partial charge in [0.15, 0.2) is 0 Å².